The van der Waals surface area contributed by atoms with Crippen LogP contribution < -0.4 is 10.6 Å². The Morgan fingerprint density at radius 2 is 1.95 bits per heavy atom. The molecule has 1 aliphatic carbocycles. The van der Waals surface area contributed by atoms with Crippen LogP contribution in [0.25, 0.3) is 0 Å². The minimum Gasteiger partial charge on any atom is -0.357 e. The quantitative estimate of drug-likeness (QED) is 0.317. The van der Waals surface area contributed by atoms with Gasteiger partial charge in [0.1, 0.15) is 0 Å². The third-order valence-corrected chi connectivity index (χ3v) is 3.75. The van der Waals surface area contributed by atoms with Crippen LogP contribution in [0.5, 0.6) is 0 Å². The van der Waals surface area contributed by atoms with Crippen LogP contribution in [-0.4, -0.2) is 49.0 Å². The zero-order chi connectivity index (χ0) is 14.2. The molecule has 0 unspecified atom stereocenters. The molecule has 1 heterocycles. The fraction of sp³-hybridized carbons (Fsp3) is 0.733. The highest BCUT2D eigenvalue weighted by atomic mass is 127. The number of carbonyl (C=O) groups is 1. The number of hydrogen-bond acceptors (Lipinski definition) is 2. The molecule has 0 aromatic heterocycles. The molecule has 0 radical (unpaired) electrons. The maximum absolute atomic E-state index is 11.9. The predicted molar refractivity (Wildman–Crippen MR) is 97.1 cm³/mol. The third kappa shape index (κ3) is 6.23. The number of carbonyl (C=O) groups excluding carboxylic acids is 1. The van der Waals surface area contributed by atoms with Gasteiger partial charge in [0.25, 0.3) is 0 Å². The Morgan fingerprint density at radius 1 is 1.29 bits per heavy atom. The van der Waals surface area contributed by atoms with Crippen LogP contribution in [-0.2, 0) is 4.79 Å². The minimum absolute atomic E-state index is 0. The molecule has 1 aliphatic heterocycles. The van der Waals surface area contributed by atoms with Gasteiger partial charge in [-0.2, -0.15) is 0 Å². The number of hydrogen-bond donors (Lipinski definition) is 2. The van der Waals surface area contributed by atoms with Gasteiger partial charge in [0.05, 0.1) is 6.54 Å². The number of amides is 1. The molecule has 2 N–H and O–H groups in total. The summed E-state index contributed by atoms with van der Waals surface area (Å²) in [6.45, 7) is 5.31. The number of guanidine groups is 1. The molecular weight excluding hydrogens is 379 g/mol. The highest BCUT2D eigenvalue weighted by Crippen LogP contribution is 2.10. The molecule has 0 atom stereocenters. The van der Waals surface area contributed by atoms with Gasteiger partial charge in [-0.1, -0.05) is 12.2 Å². The molecule has 0 bridgehead atoms. The first-order chi connectivity index (χ1) is 9.79. The Hall–Kier alpha value is -0.790. The van der Waals surface area contributed by atoms with E-state index in [4.69, 9.17) is 0 Å². The van der Waals surface area contributed by atoms with Crippen molar-refractivity contribution in [3.8, 4) is 0 Å². The van der Waals surface area contributed by atoms with Gasteiger partial charge >= 0.3 is 0 Å². The lowest BCUT2D eigenvalue weighted by molar-refractivity contribution is -0.129. The highest BCUT2D eigenvalue weighted by molar-refractivity contribution is 14.0. The van der Waals surface area contributed by atoms with E-state index in [1.165, 1.54) is 0 Å². The van der Waals surface area contributed by atoms with E-state index in [-0.39, 0.29) is 29.9 Å². The van der Waals surface area contributed by atoms with E-state index < -0.39 is 0 Å². The van der Waals surface area contributed by atoms with E-state index in [1.807, 2.05) is 4.90 Å². The second kappa shape index (κ2) is 10.0. The molecule has 6 heteroatoms. The van der Waals surface area contributed by atoms with Crippen LogP contribution in [0.4, 0.5) is 0 Å². The lowest BCUT2D eigenvalue weighted by Crippen LogP contribution is -2.42. The van der Waals surface area contributed by atoms with Crippen LogP contribution in [0, 0.1) is 0 Å². The van der Waals surface area contributed by atoms with Gasteiger partial charge in [0.15, 0.2) is 5.96 Å². The van der Waals surface area contributed by atoms with Crippen molar-refractivity contribution in [1.29, 1.82) is 0 Å². The van der Waals surface area contributed by atoms with Crippen molar-refractivity contribution >= 4 is 35.8 Å². The standard InChI is InChI=1S/C15H26N4O.HI/c1-2-16-15(18-13-7-3-4-8-13)17-10-9-14(20)19-11-5-6-12-19;/h3-4,13H,2,5-12H2,1H3,(H2,16,17,18);1H. The Bertz CT molecular complexity index is 370. The molecule has 1 amide bonds. The van der Waals surface area contributed by atoms with Crippen molar-refractivity contribution in [2.45, 2.75) is 45.1 Å². The third-order valence-electron chi connectivity index (χ3n) is 3.75. The van der Waals surface area contributed by atoms with Crippen LogP contribution in [0.1, 0.15) is 39.0 Å². The number of halogens is 1. The molecular formula is C15H27IN4O. The SMILES string of the molecule is CCNC(=NCCC(=O)N1CCCC1)NC1CC=CC1.I. The largest absolute Gasteiger partial charge is 0.357 e. The first-order valence-electron chi connectivity index (χ1n) is 7.77. The fourth-order valence-electron chi connectivity index (χ4n) is 2.64. The molecule has 1 saturated heterocycles. The average Bonchev–Trinajstić information content (AvgIpc) is 3.12. The highest BCUT2D eigenvalue weighted by Gasteiger charge is 2.17. The Kier molecular flexibility index (Phi) is 8.72. The summed E-state index contributed by atoms with van der Waals surface area (Å²) < 4.78 is 0. The fourth-order valence-corrected chi connectivity index (χ4v) is 2.64. The Morgan fingerprint density at radius 3 is 2.57 bits per heavy atom. The number of nitrogens with one attached hydrogen (secondary N) is 2. The van der Waals surface area contributed by atoms with E-state index >= 15 is 0 Å². The number of likely N-dealkylation sites (tertiary alicyclic amines) is 1. The lowest BCUT2D eigenvalue weighted by atomic mass is 10.2. The summed E-state index contributed by atoms with van der Waals surface area (Å²) in [6, 6.07) is 0.446. The van der Waals surface area contributed by atoms with Gasteiger partial charge in [-0.3, -0.25) is 9.79 Å². The molecule has 0 spiro atoms. The molecule has 0 saturated carbocycles. The van der Waals surface area contributed by atoms with Crippen molar-refractivity contribution in [3.63, 3.8) is 0 Å². The first-order valence-corrected chi connectivity index (χ1v) is 7.77. The maximum atomic E-state index is 11.9. The first kappa shape index (κ1) is 18.3. The van der Waals surface area contributed by atoms with E-state index in [0.717, 1.165) is 51.3 Å². The summed E-state index contributed by atoms with van der Waals surface area (Å²) in [5.74, 6) is 1.07. The number of nitrogens with zero attached hydrogens (tertiary/aromatic N) is 2. The second-order valence-electron chi connectivity index (χ2n) is 5.38. The molecule has 5 nitrogen and oxygen atoms in total. The van der Waals surface area contributed by atoms with Crippen LogP contribution in [0.15, 0.2) is 17.1 Å². The molecule has 2 rings (SSSR count). The predicted octanol–water partition coefficient (Wildman–Crippen LogP) is 1.89. The maximum Gasteiger partial charge on any atom is 0.224 e. The summed E-state index contributed by atoms with van der Waals surface area (Å²) in [4.78, 5) is 18.4. The van der Waals surface area contributed by atoms with E-state index in [2.05, 4.69) is 34.7 Å². The number of rotatable bonds is 5. The van der Waals surface area contributed by atoms with Gasteiger partial charge in [-0.05, 0) is 32.6 Å². The Balaban J connectivity index is 0.00000220. The molecule has 1 fully saturated rings. The van der Waals surface area contributed by atoms with E-state index in [9.17, 15) is 4.79 Å². The minimum atomic E-state index is 0. The van der Waals surface area contributed by atoms with E-state index in [1.54, 1.807) is 0 Å². The van der Waals surface area contributed by atoms with Gasteiger partial charge in [-0.15, -0.1) is 24.0 Å². The molecule has 2 aliphatic rings. The van der Waals surface area contributed by atoms with Crippen molar-refractivity contribution < 1.29 is 4.79 Å². The average molecular weight is 406 g/mol. The summed E-state index contributed by atoms with van der Waals surface area (Å²) in [5, 5.41) is 6.65. The molecule has 0 aromatic carbocycles. The second-order valence-corrected chi connectivity index (χ2v) is 5.38. The zero-order valence-electron chi connectivity index (χ0n) is 12.8. The van der Waals surface area contributed by atoms with Crippen molar-refractivity contribution in [1.82, 2.24) is 15.5 Å². The van der Waals surface area contributed by atoms with E-state index in [0.29, 0.717) is 19.0 Å². The van der Waals surface area contributed by atoms with Gasteiger partial charge in [-0.25, -0.2) is 0 Å². The normalized spacial score (nSPS) is 18.7. The number of aliphatic imine (C=N–C) groups is 1. The Labute approximate surface area is 144 Å². The van der Waals surface area contributed by atoms with Crippen molar-refractivity contribution in [3.05, 3.63) is 12.2 Å². The summed E-state index contributed by atoms with van der Waals surface area (Å²) in [6.07, 6.45) is 9.30. The van der Waals surface area contributed by atoms with Crippen molar-refractivity contribution in [2.24, 2.45) is 4.99 Å². The summed E-state index contributed by atoms with van der Waals surface area (Å²) >= 11 is 0. The monoisotopic (exact) mass is 406 g/mol. The van der Waals surface area contributed by atoms with Gasteiger partial charge < -0.3 is 15.5 Å². The van der Waals surface area contributed by atoms with Crippen LogP contribution >= 0.6 is 24.0 Å². The smallest absolute Gasteiger partial charge is 0.224 e. The summed E-state index contributed by atoms with van der Waals surface area (Å²) in [5.41, 5.74) is 0. The molecule has 21 heavy (non-hydrogen) atoms. The van der Waals surface area contributed by atoms with Crippen LogP contribution in [0.2, 0.25) is 0 Å². The van der Waals surface area contributed by atoms with Gasteiger partial charge in [0, 0.05) is 32.1 Å². The molecule has 120 valence electrons. The molecule has 0 aromatic rings. The van der Waals surface area contributed by atoms with Crippen LogP contribution in [0.3, 0.4) is 0 Å². The zero-order valence-corrected chi connectivity index (χ0v) is 15.1. The lowest BCUT2D eigenvalue weighted by Gasteiger charge is -2.17. The topological polar surface area (TPSA) is 56.7 Å². The van der Waals surface area contributed by atoms with Gasteiger partial charge in [0.2, 0.25) is 5.91 Å². The van der Waals surface area contributed by atoms with Crippen molar-refractivity contribution in [2.75, 3.05) is 26.2 Å². The summed E-state index contributed by atoms with van der Waals surface area (Å²) in [7, 11) is 0.